The second kappa shape index (κ2) is 8.52. The molecular weight excluding hydrogens is 316 g/mol. The topological polar surface area (TPSA) is 56.9 Å². The fraction of sp³-hybridized carbons (Fsp3) is 0.588. The van der Waals surface area contributed by atoms with Crippen molar-refractivity contribution in [3.63, 3.8) is 0 Å². The largest absolute Gasteiger partial charge is 0.467 e. The summed E-state index contributed by atoms with van der Waals surface area (Å²) in [7, 11) is 0. The number of rotatable bonds is 4. The molecule has 1 N–H and O–H groups in total. The Labute approximate surface area is 143 Å². The first-order valence-electron chi connectivity index (χ1n) is 8.11. The fourth-order valence-electron chi connectivity index (χ4n) is 3.24. The maximum atomic E-state index is 12.5. The van der Waals surface area contributed by atoms with Crippen LogP contribution in [0.25, 0.3) is 0 Å². The zero-order valence-corrected chi connectivity index (χ0v) is 14.1. The molecule has 128 valence electrons. The molecule has 3 rings (SSSR count). The average molecular weight is 341 g/mol. The normalized spacial score (nSPS) is 23.3. The standard InChI is InChI=1S/C17H24N2O3.ClH/c20-15(16-7-4-12-22-16)13-18-8-10-19(11-9-18)17(21)14-5-2-1-3-6-14;/h1-2,4,7,12,14-15,20H,3,5-6,8-11,13H2;1H. The van der Waals surface area contributed by atoms with Crippen molar-refractivity contribution < 1.29 is 14.3 Å². The van der Waals surface area contributed by atoms with Crippen LogP contribution in [-0.2, 0) is 4.79 Å². The Hall–Kier alpha value is -1.30. The van der Waals surface area contributed by atoms with Crippen molar-refractivity contribution in [1.82, 2.24) is 9.80 Å². The summed E-state index contributed by atoms with van der Waals surface area (Å²) in [6.07, 6.45) is 8.16. The molecule has 1 aromatic heterocycles. The van der Waals surface area contributed by atoms with E-state index in [2.05, 4.69) is 17.1 Å². The molecule has 23 heavy (non-hydrogen) atoms. The molecule has 0 radical (unpaired) electrons. The van der Waals surface area contributed by atoms with Gasteiger partial charge < -0.3 is 14.4 Å². The highest BCUT2D eigenvalue weighted by molar-refractivity contribution is 5.85. The summed E-state index contributed by atoms with van der Waals surface area (Å²) in [5.74, 6) is 1.08. The summed E-state index contributed by atoms with van der Waals surface area (Å²) in [6.45, 7) is 3.69. The number of furan rings is 1. The lowest BCUT2D eigenvalue weighted by Gasteiger charge is -2.37. The van der Waals surface area contributed by atoms with Crippen molar-refractivity contribution >= 4 is 18.3 Å². The first-order valence-corrected chi connectivity index (χ1v) is 8.11. The maximum Gasteiger partial charge on any atom is 0.226 e. The number of allylic oxidation sites excluding steroid dienone is 2. The van der Waals surface area contributed by atoms with Gasteiger partial charge in [-0.2, -0.15) is 0 Å². The number of aliphatic hydroxyl groups is 1. The van der Waals surface area contributed by atoms with Gasteiger partial charge in [-0.15, -0.1) is 12.4 Å². The molecule has 2 atom stereocenters. The molecule has 0 aromatic carbocycles. The summed E-state index contributed by atoms with van der Waals surface area (Å²) in [5, 5.41) is 10.1. The average Bonchev–Trinajstić information content (AvgIpc) is 3.10. The number of piperazine rings is 1. The number of amides is 1. The van der Waals surface area contributed by atoms with Gasteiger partial charge in [0.05, 0.1) is 6.26 Å². The molecule has 2 heterocycles. The molecule has 1 aliphatic heterocycles. The Morgan fingerprint density at radius 3 is 2.70 bits per heavy atom. The summed E-state index contributed by atoms with van der Waals surface area (Å²) < 4.78 is 5.23. The lowest BCUT2D eigenvalue weighted by molar-refractivity contribution is -0.137. The van der Waals surface area contributed by atoms with E-state index in [9.17, 15) is 9.90 Å². The molecule has 2 aliphatic rings. The minimum absolute atomic E-state index is 0. The molecule has 0 bridgehead atoms. The zero-order chi connectivity index (χ0) is 15.4. The third kappa shape index (κ3) is 4.59. The molecule has 1 aliphatic carbocycles. The smallest absolute Gasteiger partial charge is 0.226 e. The van der Waals surface area contributed by atoms with Crippen molar-refractivity contribution in [3.05, 3.63) is 36.3 Å². The van der Waals surface area contributed by atoms with Crippen LogP contribution in [0.15, 0.2) is 35.0 Å². The van der Waals surface area contributed by atoms with E-state index in [0.29, 0.717) is 18.2 Å². The number of β-amino-alcohol motifs (C(OH)–C–C–N with tert-alkyl or cyclic N) is 1. The fourth-order valence-corrected chi connectivity index (χ4v) is 3.24. The lowest BCUT2D eigenvalue weighted by Crippen LogP contribution is -2.51. The molecule has 0 saturated carbocycles. The first kappa shape index (κ1) is 18.0. The minimum Gasteiger partial charge on any atom is -0.467 e. The van der Waals surface area contributed by atoms with E-state index >= 15 is 0 Å². The van der Waals surface area contributed by atoms with Crippen LogP contribution in [0.4, 0.5) is 0 Å². The van der Waals surface area contributed by atoms with Crippen molar-refractivity contribution in [3.8, 4) is 0 Å². The monoisotopic (exact) mass is 340 g/mol. The van der Waals surface area contributed by atoms with E-state index in [1.807, 2.05) is 4.90 Å². The molecular formula is C17H25ClN2O3. The van der Waals surface area contributed by atoms with Crippen LogP contribution in [0.2, 0.25) is 0 Å². The number of halogens is 1. The molecule has 2 unspecified atom stereocenters. The third-order valence-electron chi connectivity index (χ3n) is 4.61. The van der Waals surface area contributed by atoms with Crippen molar-refractivity contribution in [1.29, 1.82) is 0 Å². The molecule has 1 saturated heterocycles. The van der Waals surface area contributed by atoms with Gasteiger partial charge >= 0.3 is 0 Å². The van der Waals surface area contributed by atoms with E-state index < -0.39 is 6.10 Å². The number of hydrogen-bond acceptors (Lipinski definition) is 4. The van der Waals surface area contributed by atoms with E-state index in [-0.39, 0.29) is 18.3 Å². The van der Waals surface area contributed by atoms with Crippen molar-refractivity contribution in [2.24, 2.45) is 5.92 Å². The number of carbonyl (C=O) groups excluding carboxylic acids is 1. The van der Waals surface area contributed by atoms with Gasteiger partial charge in [-0.05, 0) is 31.4 Å². The molecule has 6 heteroatoms. The Morgan fingerprint density at radius 1 is 1.30 bits per heavy atom. The summed E-state index contributed by atoms with van der Waals surface area (Å²) in [6, 6.07) is 3.58. The van der Waals surface area contributed by atoms with Crippen LogP contribution < -0.4 is 0 Å². The highest BCUT2D eigenvalue weighted by atomic mass is 35.5. The zero-order valence-electron chi connectivity index (χ0n) is 13.3. The van der Waals surface area contributed by atoms with Gasteiger partial charge in [-0.3, -0.25) is 9.69 Å². The van der Waals surface area contributed by atoms with E-state index in [0.717, 1.165) is 45.4 Å². The second-order valence-electron chi connectivity index (χ2n) is 6.14. The Kier molecular flexibility index (Phi) is 6.69. The second-order valence-corrected chi connectivity index (χ2v) is 6.14. The van der Waals surface area contributed by atoms with Crippen LogP contribution >= 0.6 is 12.4 Å². The van der Waals surface area contributed by atoms with Crippen LogP contribution in [-0.4, -0.2) is 53.5 Å². The number of nitrogens with zero attached hydrogens (tertiary/aromatic N) is 2. The van der Waals surface area contributed by atoms with Crippen LogP contribution in [0.3, 0.4) is 0 Å². The summed E-state index contributed by atoms with van der Waals surface area (Å²) in [4.78, 5) is 16.7. The lowest BCUT2D eigenvalue weighted by atomic mass is 9.93. The van der Waals surface area contributed by atoms with E-state index in [1.54, 1.807) is 18.4 Å². The highest BCUT2D eigenvalue weighted by Gasteiger charge is 2.28. The number of hydrogen-bond donors (Lipinski definition) is 1. The molecule has 0 spiro atoms. The SMILES string of the molecule is Cl.O=C(C1CC=CCC1)N1CCN(CC(O)c2ccco2)CC1. The third-order valence-corrected chi connectivity index (χ3v) is 4.61. The Bertz CT molecular complexity index is 510. The van der Waals surface area contributed by atoms with Crippen LogP contribution in [0.1, 0.15) is 31.1 Å². The van der Waals surface area contributed by atoms with Gasteiger partial charge in [-0.1, -0.05) is 12.2 Å². The van der Waals surface area contributed by atoms with Gasteiger partial charge in [0.25, 0.3) is 0 Å². The Balaban J connectivity index is 0.00000192. The van der Waals surface area contributed by atoms with Crippen molar-refractivity contribution in [2.45, 2.75) is 25.4 Å². The van der Waals surface area contributed by atoms with Gasteiger partial charge in [0, 0.05) is 38.6 Å². The number of aliphatic hydroxyl groups excluding tert-OH is 1. The van der Waals surface area contributed by atoms with E-state index in [1.165, 1.54) is 0 Å². The van der Waals surface area contributed by atoms with Crippen molar-refractivity contribution in [2.75, 3.05) is 32.7 Å². The predicted molar refractivity (Wildman–Crippen MR) is 90.4 cm³/mol. The van der Waals surface area contributed by atoms with Gasteiger partial charge in [0.2, 0.25) is 5.91 Å². The number of carbonyl (C=O) groups is 1. The molecule has 1 aromatic rings. The molecule has 1 amide bonds. The van der Waals surface area contributed by atoms with Gasteiger partial charge in [-0.25, -0.2) is 0 Å². The molecule has 5 nitrogen and oxygen atoms in total. The Morgan fingerprint density at radius 2 is 2.09 bits per heavy atom. The van der Waals surface area contributed by atoms with Gasteiger partial charge in [0.1, 0.15) is 11.9 Å². The minimum atomic E-state index is -0.597. The highest BCUT2D eigenvalue weighted by Crippen LogP contribution is 2.22. The first-order chi connectivity index (χ1) is 10.7. The summed E-state index contributed by atoms with van der Waals surface area (Å²) in [5.41, 5.74) is 0. The van der Waals surface area contributed by atoms with Gasteiger partial charge in [0.15, 0.2) is 0 Å². The van der Waals surface area contributed by atoms with Crippen LogP contribution in [0, 0.1) is 5.92 Å². The van der Waals surface area contributed by atoms with E-state index in [4.69, 9.17) is 4.42 Å². The quantitative estimate of drug-likeness (QED) is 0.854. The van der Waals surface area contributed by atoms with Crippen LogP contribution in [0.5, 0.6) is 0 Å². The maximum absolute atomic E-state index is 12.5. The predicted octanol–water partition coefficient (Wildman–Crippen LogP) is 2.24. The molecule has 1 fully saturated rings. The summed E-state index contributed by atoms with van der Waals surface area (Å²) >= 11 is 0.